The summed E-state index contributed by atoms with van der Waals surface area (Å²) in [5.74, 6) is 0.850. The molecule has 0 unspecified atom stereocenters. The van der Waals surface area contributed by atoms with Gasteiger partial charge in [-0.2, -0.15) is 0 Å². The van der Waals surface area contributed by atoms with Crippen molar-refractivity contribution in [2.75, 3.05) is 70.5 Å². The summed E-state index contributed by atoms with van der Waals surface area (Å²) in [5.41, 5.74) is 1.26. The Balaban J connectivity index is 1.05. The number of amides is 4. The van der Waals surface area contributed by atoms with E-state index in [1.54, 1.807) is 16.0 Å². The molecule has 3 aliphatic heterocycles. The topological polar surface area (TPSA) is 103 Å². The molecule has 198 valence electrons. The van der Waals surface area contributed by atoms with Gasteiger partial charge in [0.15, 0.2) is 0 Å². The number of hydrogen-bond acceptors (Lipinski definition) is 6. The van der Waals surface area contributed by atoms with Gasteiger partial charge in [0.25, 0.3) is 11.8 Å². The predicted molar refractivity (Wildman–Crippen MR) is 138 cm³/mol. The predicted octanol–water partition coefficient (Wildman–Crippen LogP) is 1.03. The molecule has 37 heavy (non-hydrogen) atoms. The Morgan fingerprint density at radius 2 is 1.54 bits per heavy atom. The first-order valence-electron chi connectivity index (χ1n) is 13.0. The third-order valence-electron chi connectivity index (χ3n) is 7.46. The third kappa shape index (κ3) is 5.71. The number of ether oxygens (including phenoxy) is 1. The largest absolute Gasteiger partial charge is 0.378 e. The quantitative estimate of drug-likeness (QED) is 0.661. The molecule has 0 saturated carbocycles. The zero-order valence-corrected chi connectivity index (χ0v) is 21.3. The van der Waals surface area contributed by atoms with Crippen LogP contribution in [0.1, 0.15) is 33.7 Å². The summed E-state index contributed by atoms with van der Waals surface area (Å²) in [6.07, 6.45) is 5.17. The van der Waals surface area contributed by atoms with E-state index in [0.29, 0.717) is 63.7 Å². The zero-order chi connectivity index (χ0) is 25.8. The van der Waals surface area contributed by atoms with Crippen LogP contribution in [0, 0.1) is 0 Å². The highest BCUT2D eigenvalue weighted by atomic mass is 16.5. The number of urea groups is 1. The van der Waals surface area contributed by atoms with Crippen LogP contribution in [0.25, 0.3) is 0 Å². The molecule has 1 N–H and O–H groups in total. The van der Waals surface area contributed by atoms with Crippen LogP contribution < -0.4 is 10.2 Å². The molecule has 0 aromatic carbocycles. The maximum Gasteiger partial charge on any atom is 0.317 e. The van der Waals surface area contributed by atoms with E-state index in [4.69, 9.17) is 4.74 Å². The molecule has 2 aromatic heterocycles. The lowest BCUT2D eigenvalue weighted by Crippen LogP contribution is -2.55. The highest BCUT2D eigenvalue weighted by molar-refractivity contribution is 5.94. The number of carbonyl (C=O) groups is 3. The Morgan fingerprint density at radius 1 is 0.865 bits per heavy atom. The molecule has 0 aliphatic carbocycles. The minimum Gasteiger partial charge on any atom is -0.378 e. The van der Waals surface area contributed by atoms with Gasteiger partial charge >= 0.3 is 6.03 Å². The molecule has 0 spiro atoms. The fourth-order valence-corrected chi connectivity index (χ4v) is 5.13. The molecule has 2 aromatic rings. The maximum atomic E-state index is 12.8. The number of anilines is 1. The van der Waals surface area contributed by atoms with Crippen LogP contribution in [-0.2, 0) is 11.8 Å². The molecular formula is C26H35N7O4. The molecule has 3 fully saturated rings. The standard InChI is InChI=1S/C26H35N7O4/c1-29-8-2-3-22(29)25(35)31-11-13-33(14-12-31)26(36)28-21-6-9-30(10-7-21)23-5-4-20(19-27-23)24(34)32-15-17-37-18-16-32/h2-5,8,19,21H,6-7,9-18H2,1H3,(H,28,36). The highest BCUT2D eigenvalue weighted by Crippen LogP contribution is 2.19. The van der Waals surface area contributed by atoms with E-state index in [0.717, 1.165) is 31.7 Å². The molecule has 3 aliphatic rings. The van der Waals surface area contributed by atoms with Gasteiger partial charge in [0.2, 0.25) is 0 Å². The molecule has 11 nitrogen and oxygen atoms in total. The van der Waals surface area contributed by atoms with Crippen LogP contribution >= 0.6 is 0 Å². The number of carbonyl (C=O) groups excluding carboxylic acids is 3. The summed E-state index contributed by atoms with van der Waals surface area (Å²) < 4.78 is 7.14. The minimum atomic E-state index is -0.0616. The molecule has 0 bridgehead atoms. The van der Waals surface area contributed by atoms with Crippen LogP contribution in [0.4, 0.5) is 10.6 Å². The van der Waals surface area contributed by atoms with Crippen molar-refractivity contribution in [3.05, 3.63) is 47.9 Å². The van der Waals surface area contributed by atoms with Crippen molar-refractivity contribution < 1.29 is 19.1 Å². The van der Waals surface area contributed by atoms with E-state index in [-0.39, 0.29) is 23.9 Å². The van der Waals surface area contributed by atoms with Crippen LogP contribution in [0.3, 0.4) is 0 Å². The smallest absolute Gasteiger partial charge is 0.317 e. The summed E-state index contributed by atoms with van der Waals surface area (Å²) >= 11 is 0. The van der Waals surface area contributed by atoms with Gasteiger partial charge in [-0.1, -0.05) is 0 Å². The van der Waals surface area contributed by atoms with Gasteiger partial charge in [0.1, 0.15) is 11.5 Å². The zero-order valence-electron chi connectivity index (χ0n) is 21.3. The Bertz CT molecular complexity index is 1100. The highest BCUT2D eigenvalue weighted by Gasteiger charge is 2.28. The maximum absolute atomic E-state index is 12.8. The van der Waals surface area contributed by atoms with Crippen LogP contribution in [0.15, 0.2) is 36.7 Å². The number of morpholine rings is 1. The molecule has 5 rings (SSSR count). The lowest BCUT2D eigenvalue weighted by molar-refractivity contribution is 0.0302. The molecule has 0 radical (unpaired) electrons. The Hall–Kier alpha value is -3.60. The second-order valence-electron chi connectivity index (χ2n) is 9.80. The number of piperazine rings is 1. The summed E-state index contributed by atoms with van der Waals surface area (Å²) in [5, 5.41) is 3.17. The normalized spacial score (nSPS) is 19.2. The molecule has 5 heterocycles. The van der Waals surface area contributed by atoms with Crippen molar-refractivity contribution in [3.8, 4) is 0 Å². The second-order valence-corrected chi connectivity index (χ2v) is 9.80. The average Bonchev–Trinajstić information content (AvgIpc) is 3.39. The number of hydrogen-bond donors (Lipinski definition) is 1. The minimum absolute atomic E-state index is 0.00561. The molecule has 3 saturated heterocycles. The van der Waals surface area contributed by atoms with E-state index in [2.05, 4.69) is 15.2 Å². The molecular weight excluding hydrogens is 474 g/mol. The van der Waals surface area contributed by atoms with Gasteiger partial charge in [-0.25, -0.2) is 9.78 Å². The van der Waals surface area contributed by atoms with E-state index in [9.17, 15) is 14.4 Å². The van der Waals surface area contributed by atoms with Crippen LogP contribution in [0.5, 0.6) is 0 Å². The number of piperidine rings is 1. The number of pyridine rings is 1. The molecule has 4 amide bonds. The van der Waals surface area contributed by atoms with Crippen molar-refractivity contribution in [1.82, 2.24) is 29.6 Å². The summed E-state index contributed by atoms with van der Waals surface area (Å²) in [7, 11) is 1.86. The van der Waals surface area contributed by atoms with Crippen LogP contribution in [-0.4, -0.2) is 114 Å². The number of aromatic nitrogens is 2. The fraction of sp³-hybridized carbons (Fsp3) is 0.538. The van der Waals surface area contributed by atoms with Crippen molar-refractivity contribution in [2.24, 2.45) is 7.05 Å². The van der Waals surface area contributed by atoms with Crippen molar-refractivity contribution in [2.45, 2.75) is 18.9 Å². The Labute approximate surface area is 217 Å². The van der Waals surface area contributed by atoms with Crippen molar-refractivity contribution in [1.29, 1.82) is 0 Å². The van der Waals surface area contributed by atoms with Crippen molar-refractivity contribution in [3.63, 3.8) is 0 Å². The van der Waals surface area contributed by atoms with E-state index in [1.807, 2.05) is 47.0 Å². The first kappa shape index (κ1) is 25.1. The van der Waals surface area contributed by atoms with Gasteiger partial charge < -0.3 is 34.2 Å². The van der Waals surface area contributed by atoms with Gasteiger partial charge in [0.05, 0.1) is 18.8 Å². The average molecular weight is 510 g/mol. The summed E-state index contributed by atoms with van der Waals surface area (Å²) in [6, 6.07) is 7.48. The lowest BCUT2D eigenvalue weighted by Gasteiger charge is -2.37. The monoisotopic (exact) mass is 509 g/mol. The van der Waals surface area contributed by atoms with E-state index < -0.39 is 0 Å². The van der Waals surface area contributed by atoms with Crippen molar-refractivity contribution >= 4 is 23.7 Å². The Kier molecular flexibility index (Phi) is 7.59. The fourth-order valence-electron chi connectivity index (χ4n) is 5.13. The molecule has 0 atom stereocenters. The van der Waals surface area contributed by atoms with Gasteiger partial charge in [-0.3, -0.25) is 9.59 Å². The first-order valence-corrected chi connectivity index (χ1v) is 13.0. The number of rotatable bonds is 4. The van der Waals surface area contributed by atoms with E-state index in [1.165, 1.54) is 0 Å². The van der Waals surface area contributed by atoms with Gasteiger partial charge in [-0.05, 0) is 37.1 Å². The second kappa shape index (κ2) is 11.2. The number of nitrogens with zero attached hydrogens (tertiary/aromatic N) is 6. The van der Waals surface area contributed by atoms with E-state index >= 15 is 0 Å². The summed E-state index contributed by atoms with van der Waals surface area (Å²) in [6.45, 7) is 6.07. The SMILES string of the molecule is Cn1cccc1C(=O)N1CCN(C(=O)NC2CCN(c3ccc(C(=O)N4CCOCC4)cn3)CC2)CC1. The molecule has 11 heteroatoms. The lowest BCUT2D eigenvalue weighted by atomic mass is 10.1. The third-order valence-corrected chi connectivity index (χ3v) is 7.46. The van der Waals surface area contributed by atoms with Crippen LogP contribution in [0.2, 0.25) is 0 Å². The van der Waals surface area contributed by atoms with Gasteiger partial charge in [0, 0.05) is 77.8 Å². The first-order chi connectivity index (χ1) is 18.0. The van der Waals surface area contributed by atoms with Gasteiger partial charge in [-0.15, -0.1) is 0 Å². The Morgan fingerprint density at radius 3 is 2.16 bits per heavy atom. The number of nitrogens with one attached hydrogen (secondary N) is 1. The summed E-state index contributed by atoms with van der Waals surface area (Å²) in [4.78, 5) is 50.3. The number of aryl methyl sites for hydroxylation is 1.